The molecule has 0 aliphatic carbocycles. The summed E-state index contributed by atoms with van der Waals surface area (Å²) in [7, 11) is 0. The van der Waals surface area contributed by atoms with E-state index in [1.165, 1.54) is 11.3 Å². The quantitative estimate of drug-likeness (QED) is 0.629. The maximum atomic E-state index is 13.2. The summed E-state index contributed by atoms with van der Waals surface area (Å²) in [4.78, 5) is 19.7. The van der Waals surface area contributed by atoms with Crippen LogP contribution in [0.25, 0.3) is 10.2 Å². The van der Waals surface area contributed by atoms with Crippen molar-refractivity contribution in [3.05, 3.63) is 54.1 Å². The van der Waals surface area contributed by atoms with Gasteiger partial charge in [-0.3, -0.25) is 9.69 Å². The molecule has 1 aliphatic heterocycles. The van der Waals surface area contributed by atoms with Gasteiger partial charge >= 0.3 is 0 Å². The smallest absolute Gasteiger partial charge is 0.260 e. The number of fused-ring (bicyclic) bond motifs is 1. The van der Waals surface area contributed by atoms with Gasteiger partial charge in [-0.1, -0.05) is 35.6 Å². The third-order valence-corrected chi connectivity index (χ3v) is 5.62. The van der Waals surface area contributed by atoms with Crippen LogP contribution in [-0.4, -0.2) is 36.8 Å². The SMILES string of the molecule is CCOc1cccc2sc(N(CC3CCCO3)C(=O)c3ccccc3)nc12. The molecule has 1 amide bonds. The summed E-state index contributed by atoms with van der Waals surface area (Å²) in [6, 6.07) is 15.2. The Morgan fingerprint density at radius 3 is 2.85 bits per heavy atom. The second kappa shape index (κ2) is 8.06. The van der Waals surface area contributed by atoms with Crippen LogP contribution in [0, 0.1) is 0 Å². The highest BCUT2D eigenvalue weighted by Crippen LogP contribution is 2.35. The molecule has 0 radical (unpaired) electrons. The van der Waals surface area contributed by atoms with Gasteiger partial charge in [-0.25, -0.2) is 4.98 Å². The van der Waals surface area contributed by atoms with E-state index in [2.05, 4.69) is 0 Å². The summed E-state index contributed by atoms with van der Waals surface area (Å²) in [5.74, 6) is 0.699. The van der Waals surface area contributed by atoms with Gasteiger partial charge in [0.25, 0.3) is 5.91 Å². The minimum absolute atomic E-state index is 0.0519. The number of aromatic nitrogens is 1. The molecule has 1 unspecified atom stereocenters. The summed E-state index contributed by atoms with van der Waals surface area (Å²) < 4.78 is 12.5. The normalized spacial score (nSPS) is 16.6. The molecule has 27 heavy (non-hydrogen) atoms. The number of nitrogens with zero attached hydrogens (tertiary/aromatic N) is 2. The lowest BCUT2D eigenvalue weighted by Gasteiger charge is -2.23. The third-order valence-electron chi connectivity index (χ3n) is 4.58. The molecular weight excluding hydrogens is 360 g/mol. The zero-order valence-corrected chi connectivity index (χ0v) is 16.1. The van der Waals surface area contributed by atoms with Crippen LogP contribution in [0.15, 0.2) is 48.5 Å². The van der Waals surface area contributed by atoms with Gasteiger partial charge in [0.1, 0.15) is 11.3 Å². The van der Waals surface area contributed by atoms with E-state index >= 15 is 0 Å². The molecule has 6 heteroatoms. The number of hydrogen-bond acceptors (Lipinski definition) is 5. The molecule has 5 nitrogen and oxygen atoms in total. The van der Waals surface area contributed by atoms with E-state index < -0.39 is 0 Å². The molecule has 2 heterocycles. The molecule has 1 atom stereocenters. The lowest BCUT2D eigenvalue weighted by atomic mass is 10.2. The molecule has 0 spiro atoms. The van der Waals surface area contributed by atoms with Gasteiger partial charge < -0.3 is 9.47 Å². The predicted molar refractivity (Wildman–Crippen MR) is 108 cm³/mol. The summed E-state index contributed by atoms with van der Waals surface area (Å²) >= 11 is 1.51. The lowest BCUT2D eigenvalue weighted by Crippen LogP contribution is -2.37. The maximum absolute atomic E-state index is 13.2. The number of hydrogen-bond donors (Lipinski definition) is 0. The molecule has 2 aromatic carbocycles. The molecule has 0 N–H and O–H groups in total. The molecule has 3 aromatic rings. The first kappa shape index (κ1) is 17.9. The average molecular weight is 382 g/mol. The average Bonchev–Trinajstić information content (AvgIpc) is 3.36. The number of rotatable bonds is 6. The van der Waals surface area contributed by atoms with Crippen molar-refractivity contribution in [2.75, 3.05) is 24.7 Å². The Labute approximate surface area is 162 Å². The standard InChI is InChI=1S/C21H22N2O3S/c1-2-25-17-11-6-12-18-19(17)22-21(27-18)23(14-16-10-7-13-26-16)20(24)15-8-4-3-5-9-15/h3-6,8-9,11-12,16H,2,7,10,13-14H2,1H3. The molecule has 4 rings (SSSR count). The van der Waals surface area contributed by atoms with Gasteiger partial charge in [0.05, 0.1) is 24.0 Å². The van der Waals surface area contributed by atoms with E-state index in [1.54, 1.807) is 4.90 Å². The van der Waals surface area contributed by atoms with E-state index in [0.29, 0.717) is 23.8 Å². The Morgan fingerprint density at radius 1 is 1.26 bits per heavy atom. The fourth-order valence-electron chi connectivity index (χ4n) is 3.28. The second-order valence-corrected chi connectivity index (χ2v) is 7.46. The number of anilines is 1. The number of benzene rings is 2. The molecule has 140 valence electrons. The van der Waals surface area contributed by atoms with Crippen LogP contribution in [-0.2, 0) is 4.74 Å². The monoisotopic (exact) mass is 382 g/mol. The zero-order chi connectivity index (χ0) is 18.6. The van der Waals surface area contributed by atoms with Gasteiger partial charge in [-0.15, -0.1) is 0 Å². The number of thiazole rings is 1. The summed E-state index contributed by atoms with van der Waals surface area (Å²) in [5.41, 5.74) is 1.46. The van der Waals surface area contributed by atoms with Crippen molar-refractivity contribution in [1.82, 2.24) is 4.98 Å². The molecule has 1 saturated heterocycles. The fourth-order valence-corrected chi connectivity index (χ4v) is 4.27. The Bertz CT molecular complexity index is 920. The summed E-state index contributed by atoms with van der Waals surface area (Å²) in [5, 5.41) is 0.682. The van der Waals surface area contributed by atoms with Crippen LogP contribution in [0.4, 0.5) is 5.13 Å². The number of ether oxygens (including phenoxy) is 2. The van der Waals surface area contributed by atoms with Gasteiger partial charge in [0.15, 0.2) is 5.13 Å². The van der Waals surface area contributed by atoms with E-state index in [0.717, 1.165) is 35.4 Å². The Balaban J connectivity index is 1.72. The first-order valence-electron chi connectivity index (χ1n) is 9.27. The van der Waals surface area contributed by atoms with Gasteiger partial charge in [-0.2, -0.15) is 0 Å². The van der Waals surface area contributed by atoms with Crippen molar-refractivity contribution in [3.63, 3.8) is 0 Å². The summed E-state index contributed by atoms with van der Waals surface area (Å²) in [6.45, 7) is 3.80. The first-order valence-corrected chi connectivity index (χ1v) is 10.1. The highest BCUT2D eigenvalue weighted by atomic mass is 32.1. The molecule has 1 fully saturated rings. The highest BCUT2D eigenvalue weighted by molar-refractivity contribution is 7.22. The van der Waals surface area contributed by atoms with E-state index in [-0.39, 0.29) is 12.0 Å². The molecule has 1 aromatic heterocycles. The van der Waals surface area contributed by atoms with Crippen LogP contribution in [0.5, 0.6) is 5.75 Å². The van der Waals surface area contributed by atoms with Crippen LogP contribution < -0.4 is 9.64 Å². The van der Waals surface area contributed by atoms with Crippen molar-refractivity contribution in [2.45, 2.75) is 25.9 Å². The maximum Gasteiger partial charge on any atom is 0.260 e. The van der Waals surface area contributed by atoms with Crippen LogP contribution in [0.3, 0.4) is 0 Å². The molecule has 1 aliphatic rings. The fraction of sp³-hybridized carbons (Fsp3) is 0.333. The number of carbonyl (C=O) groups is 1. The van der Waals surface area contributed by atoms with Gasteiger partial charge in [0.2, 0.25) is 0 Å². The number of para-hydroxylation sites is 1. The van der Waals surface area contributed by atoms with Crippen molar-refractivity contribution in [2.24, 2.45) is 0 Å². The van der Waals surface area contributed by atoms with Crippen LogP contribution >= 0.6 is 11.3 Å². The Morgan fingerprint density at radius 2 is 2.11 bits per heavy atom. The molecular formula is C21H22N2O3S. The Kier molecular flexibility index (Phi) is 5.36. The van der Waals surface area contributed by atoms with Crippen molar-refractivity contribution in [1.29, 1.82) is 0 Å². The van der Waals surface area contributed by atoms with Gasteiger partial charge in [0, 0.05) is 12.2 Å². The van der Waals surface area contributed by atoms with Crippen LogP contribution in [0.2, 0.25) is 0 Å². The van der Waals surface area contributed by atoms with E-state index in [4.69, 9.17) is 14.5 Å². The van der Waals surface area contributed by atoms with Gasteiger partial charge in [-0.05, 0) is 44.0 Å². The number of amides is 1. The topological polar surface area (TPSA) is 51.7 Å². The minimum atomic E-state index is -0.0527. The van der Waals surface area contributed by atoms with Crippen molar-refractivity contribution < 1.29 is 14.3 Å². The first-order chi connectivity index (χ1) is 13.3. The molecule has 0 bridgehead atoms. The largest absolute Gasteiger partial charge is 0.492 e. The number of carbonyl (C=O) groups excluding carboxylic acids is 1. The lowest BCUT2D eigenvalue weighted by molar-refractivity contribution is 0.0917. The Hall–Kier alpha value is -2.44. The summed E-state index contributed by atoms with van der Waals surface area (Å²) in [6.07, 6.45) is 2.05. The van der Waals surface area contributed by atoms with Crippen molar-refractivity contribution in [3.8, 4) is 5.75 Å². The van der Waals surface area contributed by atoms with Crippen molar-refractivity contribution >= 4 is 32.6 Å². The highest BCUT2D eigenvalue weighted by Gasteiger charge is 2.27. The molecule has 0 saturated carbocycles. The van der Waals surface area contributed by atoms with Crippen LogP contribution in [0.1, 0.15) is 30.1 Å². The minimum Gasteiger partial charge on any atom is -0.492 e. The van der Waals surface area contributed by atoms with E-state index in [1.807, 2.05) is 55.5 Å². The predicted octanol–water partition coefficient (Wildman–Crippen LogP) is 4.52. The second-order valence-electron chi connectivity index (χ2n) is 6.45. The van der Waals surface area contributed by atoms with E-state index in [9.17, 15) is 4.79 Å². The third kappa shape index (κ3) is 3.82. The zero-order valence-electron chi connectivity index (χ0n) is 15.3.